The van der Waals surface area contributed by atoms with E-state index in [1.54, 1.807) is 16.7 Å². The number of carbonyl (C=O) groups excluding carboxylic acids is 2. The number of hydrogen-bond donors (Lipinski definition) is 0. The van der Waals surface area contributed by atoms with Crippen molar-refractivity contribution >= 4 is 11.9 Å². The molecule has 1 aromatic heterocycles. The fraction of sp³-hybridized carbons (Fsp3) is 0.370. The molecule has 0 N–H and O–H groups in total. The van der Waals surface area contributed by atoms with E-state index < -0.39 is 0 Å². The highest BCUT2D eigenvalue weighted by Crippen LogP contribution is 2.27. The number of amides is 1. The minimum absolute atomic E-state index is 0.0966. The molecule has 178 valence electrons. The lowest BCUT2D eigenvalue weighted by atomic mass is 9.97. The van der Waals surface area contributed by atoms with E-state index in [2.05, 4.69) is 26.0 Å². The predicted octanol–water partition coefficient (Wildman–Crippen LogP) is 4.58. The first-order chi connectivity index (χ1) is 16.4. The molecule has 1 amide bonds. The molecule has 2 aromatic carbocycles. The van der Waals surface area contributed by atoms with Crippen LogP contribution in [0.4, 0.5) is 0 Å². The molecular formula is C27H31N3O4. The first-order valence-electron chi connectivity index (χ1n) is 11.7. The third-order valence-electron chi connectivity index (χ3n) is 6.45. The number of benzene rings is 2. The summed E-state index contributed by atoms with van der Waals surface area (Å²) in [5, 5.41) is 4.81. The highest BCUT2D eigenvalue weighted by molar-refractivity contribution is 5.94. The van der Waals surface area contributed by atoms with Gasteiger partial charge in [-0.3, -0.25) is 9.59 Å². The lowest BCUT2D eigenvalue weighted by Gasteiger charge is -2.30. The third kappa shape index (κ3) is 4.83. The molecule has 3 aromatic rings. The number of hydrogen-bond acceptors (Lipinski definition) is 5. The van der Waals surface area contributed by atoms with Gasteiger partial charge in [0.2, 0.25) is 0 Å². The molecule has 0 unspecified atom stereocenters. The number of nitrogens with zero attached hydrogens (tertiary/aromatic N) is 3. The number of esters is 1. The molecule has 0 bridgehead atoms. The average Bonchev–Trinajstić information content (AvgIpc) is 3.31. The summed E-state index contributed by atoms with van der Waals surface area (Å²) in [6.45, 7) is 7.34. The molecule has 0 saturated carbocycles. The second-order valence-corrected chi connectivity index (χ2v) is 8.64. The topological polar surface area (TPSA) is 73.7 Å². The number of rotatable bonds is 6. The summed E-state index contributed by atoms with van der Waals surface area (Å²) in [4.78, 5) is 27.5. The Balaban J connectivity index is 1.66. The van der Waals surface area contributed by atoms with Crippen LogP contribution >= 0.6 is 0 Å². The molecule has 1 aliphatic heterocycles. The Labute approximate surface area is 200 Å². The van der Waals surface area contributed by atoms with E-state index in [0.717, 1.165) is 22.7 Å². The lowest BCUT2D eigenvalue weighted by molar-refractivity contribution is -0.149. The van der Waals surface area contributed by atoms with Gasteiger partial charge in [-0.1, -0.05) is 12.1 Å². The van der Waals surface area contributed by atoms with Crippen LogP contribution in [0.25, 0.3) is 16.9 Å². The van der Waals surface area contributed by atoms with Crippen LogP contribution in [0.3, 0.4) is 0 Å². The molecule has 7 heteroatoms. The first-order valence-corrected chi connectivity index (χ1v) is 11.7. The van der Waals surface area contributed by atoms with Crippen molar-refractivity contribution in [2.75, 3.05) is 26.8 Å². The van der Waals surface area contributed by atoms with E-state index in [1.807, 2.05) is 43.3 Å². The van der Waals surface area contributed by atoms with E-state index in [4.69, 9.17) is 14.6 Å². The molecule has 1 fully saturated rings. The average molecular weight is 462 g/mol. The Bertz CT molecular complexity index is 1180. The van der Waals surface area contributed by atoms with Gasteiger partial charge < -0.3 is 14.4 Å². The second kappa shape index (κ2) is 10.1. The number of aromatic nitrogens is 2. The monoisotopic (exact) mass is 461 g/mol. The quantitative estimate of drug-likeness (QED) is 0.503. The fourth-order valence-corrected chi connectivity index (χ4v) is 4.24. The molecule has 1 aliphatic rings. The van der Waals surface area contributed by atoms with E-state index >= 15 is 0 Å². The Morgan fingerprint density at radius 2 is 1.71 bits per heavy atom. The van der Waals surface area contributed by atoms with Gasteiger partial charge in [-0.05, 0) is 81.1 Å². The number of likely N-dealkylation sites (tertiary alicyclic amines) is 1. The standard InChI is InChI=1S/C27H31N3O4/c1-5-34-27(32)20-12-14-29(15-13-20)26(31)25-17-24(21-7-6-18(2)19(3)16-21)28-30(25)22-8-10-23(33-4)11-9-22/h6-11,16-17,20H,5,12-15H2,1-4H3. The largest absolute Gasteiger partial charge is 0.497 e. The van der Waals surface area contributed by atoms with E-state index in [1.165, 1.54) is 11.1 Å². The zero-order chi connectivity index (χ0) is 24.2. The van der Waals surface area contributed by atoms with Gasteiger partial charge in [-0.25, -0.2) is 4.68 Å². The first kappa shape index (κ1) is 23.5. The molecule has 4 rings (SSSR count). The van der Waals surface area contributed by atoms with Crippen molar-refractivity contribution in [3.05, 3.63) is 65.4 Å². The zero-order valence-electron chi connectivity index (χ0n) is 20.2. The van der Waals surface area contributed by atoms with Crippen molar-refractivity contribution in [1.82, 2.24) is 14.7 Å². The smallest absolute Gasteiger partial charge is 0.309 e. The molecule has 7 nitrogen and oxygen atoms in total. The molecule has 0 spiro atoms. The van der Waals surface area contributed by atoms with Crippen LogP contribution in [-0.4, -0.2) is 53.4 Å². The summed E-state index contributed by atoms with van der Waals surface area (Å²) in [6, 6.07) is 15.5. The molecule has 0 aliphatic carbocycles. The summed E-state index contributed by atoms with van der Waals surface area (Å²) in [7, 11) is 1.62. The number of aryl methyl sites for hydroxylation is 2. The van der Waals surface area contributed by atoms with Crippen LogP contribution in [0, 0.1) is 19.8 Å². The number of piperidine rings is 1. The van der Waals surface area contributed by atoms with Crippen LogP contribution in [0.5, 0.6) is 5.75 Å². The van der Waals surface area contributed by atoms with E-state index in [0.29, 0.717) is 38.2 Å². The third-order valence-corrected chi connectivity index (χ3v) is 6.45. The maximum atomic E-state index is 13.6. The Morgan fingerprint density at radius 3 is 2.32 bits per heavy atom. The second-order valence-electron chi connectivity index (χ2n) is 8.64. The van der Waals surface area contributed by atoms with Gasteiger partial charge in [0.05, 0.1) is 31.0 Å². The molecule has 1 saturated heterocycles. The maximum absolute atomic E-state index is 13.6. The molecule has 34 heavy (non-hydrogen) atoms. The van der Waals surface area contributed by atoms with Crippen molar-refractivity contribution in [2.24, 2.45) is 5.92 Å². The Morgan fingerprint density at radius 1 is 1.00 bits per heavy atom. The highest BCUT2D eigenvalue weighted by atomic mass is 16.5. The minimum atomic E-state index is -0.171. The summed E-state index contributed by atoms with van der Waals surface area (Å²) >= 11 is 0. The van der Waals surface area contributed by atoms with E-state index in [9.17, 15) is 9.59 Å². The highest BCUT2D eigenvalue weighted by Gasteiger charge is 2.30. The maximum Gasteiger partial charge on any atom is 0.309 e. The Hall–Kier alpha value is -3.61. The summed E-state index contributed by atoms with van der Waals surface area (Å²) < 4.78 is 12.1. The fourth-order valence-electron chi connectivity index (χ4n) is 4.24. The minimum Gasteiger partial charge on any atom is -0.497 e. The summed E-state index contributed by atoms with van der Waals surface area (Å²) in [5.74, 6) is 0.316. The van der Waals surface area contributed by atoms with Gasteiger partial charge >= 0.3 is 5.97 Å². The number of ether oxygens (including phenoxy) is 2. The van der Waals surface area contributed by atoms with Crippen molar-refractivity contribution in [3.8, 4) is 22.7 Å². The SMILES string of the molecule is CCOC(=O)C1CCN(C(=O)c2cc(-c3ccc(C)c(C)c3)nn2-c2ccc(OC)cc2)CC1. The van der Waals surface area contributed by atoms with Gasteiger partial charge in [-0.15, -0.1) is 0 Å². The zero-order valence-corrected chi connectivity index (χ0v) is 20.2. The van der Waals surface area contributed by atoms with Gasteiger partial charge in [0, 0.05) is 18.7 Å². The summed E-state index contributed by atoms with van der Waals surface area (Å²) in [6.07, 6.45) is 1.20. The van der Waals surface area contributed by atoms with Crippen LogP contribution < -0.4 is 4.74 Å². The van der Waals surface area contributed by atoms with Gasteiger partial charge in [0.15, 0.2) is 0 Å². The van der Waals surface area contributed by atoms with Crippen LogP contribution in [-0.2, 0) is 9.53 Å². The van der Waals surface area contributed by atoms with Crippen molar-refractivity contribution in [1.29, 1.82) is 0 Å². The predicted molar refractivity (Wildman–Crippen MR) is 130 cm³/mol. The summed E-state index contributed by atoms with van der Waals surface area (Å²) in [5.41, 5.74) is 5.35. The van der Waals surface area contributed by atoms with Crippen LogP contribution in [0.2, 0.25) is 0 Å². The van der Waals surface area contributed by atoms with Crippen molar-refractivity contribution in [3.63, 3.8) is 0 Å². The number of carbonyl (C=O) groups is 2. The van der Waals surface area contributed by atoms with Crippen LogP contribution in [0.1, 0.15) is 41.4 Å². The molecule has 2 heterocycles. The van der Waals surface area contributed by atoms with Gasteiger partial charge in [0.1, 0.15) is 11.4 Å². The van der Waals surface area contributed by atoms with E-state index in [-0.39, 0.29) is 17.8 Å². The Kier molecular flexibility index (Phi) is 7.01. The van der Waals surface area contributed by atoms with Gasteiger partial charge in [0.25, 0.3) is 5.91 Å². The van der Waals surface area contributed by atoms with Crippen molar-refractivity contribution in [2.45, 2.75) is 33.6 Å². The lowest BCUT2D eigenvalue weighted by Crippen LogP contribution is -2.41. The van der Waals surface area contributed by atoms with Crippen LogP contribution in [0.15, 0.2) is 48.5 Å². The normalized spacial score (nSPS) is 14.2. The molecular weight excluding hydrogens is 430 g/mol. The molecule has 0 atom stereocenters. The van der Waals surface area contributed by atoms with Gasteiger partial charge in [-0.2, -0.15) is 5.10 Å². The molecule has 0 radical (unpaired) electrons. The number of methoxy groups -OCH3 is 1. The van der Waals surface area contributed by atoms with Crippen molar-refractivity contribution < 1.29 is 19.1 Å².